The molecule has 18 heavy (non-hydrogen) atoms. The summed E-state index contributed by atoms with van der Waals surface area (Å²) in [6.07, 6.45) is 1.87. The predicted molar refractivity (Wildman–Crippen MR) is 72.0 cm³/mol. The van der Waals surface area contributed by atoms with Gasteiger partial charge in [0.25, 0.3) is 0 Å². The molecule has 0 aliphatic heterocycles. The first kappa shape index (κ1) is 12.9. The Bertz CT molecular complexity index is 560. The molecule has 0 fully saturated rings. The number of hydrogen-bond donors (Lipinski definition) is 1. The van der Waals surface area contributed by atoms with Gasteiger partial charge in [-0.2, -0.15) is 5.10 Å². The third kappa shape index (κ3) is 3.03. The van der Waals surface area contributed by atoms with Gasteiger partial charge in [0.05, 0.1) is 6.42 Å². The molecule has 4 nitrogen and oxygen atoms in total. The van der Waals surface area contributed by atoms with Crippen molar-refractivity contribution in [3.05, 3.63) is 46.1 Å². The summed E-state index contributed by atoms with van der Waals surface area (Å²) in [6, 6.07) is 6.87. The highest BCUT2D eigenvalue weighted by Crippen LogP contribution is 2.24. The number of aromatic nitrogens is 2. The molecule has 6 heteroatoms. The quantitative estimate of drug-likeness (QED) is 0.942. The number of anilines is 1. The van der Waals surface area contributed by atoms with E-state index in [0.29, 0.717) is 21.4 Å². The zero-order valence-corrected chi connectivity index (χ0v) is 11.2. The van der Waals surface area contributed by atoms with Gasteiger partial charge in [-0.15, -0.1) is 0 Å². The summed E-state index contributed by atoms with van der Waals surface area (Å²) in [5, 5.41) is 7.70. The van der Waals surface area contributed by atoms with Crippen molar-refractivity contribution in [3.63, 3.8) is 0 Å². The van der Waals surface area contributed by atoms with Gasteiger partial charge in [0, 0.05) is 29.4 Å². The fourth-order valence-corrected chi connectivity index (χ4v) is 2.06. The van der Waals surface area contributed by atoms with E-state index in [1.807, 2.05) is 0 Å². The lowest BCUT2D eigenvalue weighted by Gasteiger charge is -2.06. The molecule has 0 aliphatic rings. The zero-order chi connectivity index (χ0) is 13.1. The second-order valence-electron chi connectivity index (χ2n) is 3.80. The molecule has 2 rings (SSSR count). The van der Waals surface area contributed by atoms with Crippen LogP contribution in [-0.2, 0) is 18.3 Å². The molecule has 94 valence electrons. The van der Waals surface area contributed by atoms with E-state index in [2.05, 4.69) is 10.4 Å². The van der Waals surface area contributed by atoms with Crippen LogP contribution < -0.4 is 5.32 Å². The number of rotatable bonds is 3. The molecule has 0 atom stereocenters. The summed E-state index contributed by atoms with van der Waals surface area (Å²) in [5.74, 6) is 0.300. The number of amides is 1. The molecule has 0 radical (unpaired) electrons. The van der Waals surface area contributed by atoms with Crippen LogP contribution in [0.3, 0.4) is 0 Å². The molecule has 2 aromatic rings. The lowest BCUT2D eigenvalue weighted by molar-refractivity contribution is -0.115. The molecule has 0 saturated carbocycles. The molecular weight excluding hydrogens is 273 g/mol. The van der Waals surface area contributed by atoms with Gasteiger partial charge in [-0.25, -0.2) is 0 Å². The summed E-state index contributed by atoms with van der Waals surface area (Å²) in [5.41, 5.74) is 0.620. The van der Waals surface area contributed by atoms with Gasteiger partial charge in [0.1, 0.15) is 0 Å². The fourth-order valence-electron chi connectivity index (χ4n) is 1.53. The average molecular weight is 284 g/mol. The largest absolute Gasteiger partial charge is 0.309 e. The molecule has 0 saturated heterocycles. The highest BCUT2D eigenvalue weighted by Gasteiger charge is 2.11. The minimum atomic E-state index is -0.205. The first-order valence-corrected chi connectivity index (χ1v) is 6.04. The third-order valence-corrected chi connectivity index (χ3v) is 3.09. The Kier molecular flexibility index (Phi) is 3.89. The Morgan fingerprint density at radius 2 is 2.00 bits per heavy atom. The highest BCUT2D eigenvalue weighted by atomic mass is 35.5. The maximum absolute atomic E-state index is 11.8. The van der Waals surface area contributed by atoms with Crippen LogP contribution >= 0.6 is 23.2 Å². The minimum Gasteiger partial charge on any atom is -0.309 e. The van der Waals surface area contributed by atoms with Gasteiger partial charge in [0.15, 0.2) is 5.82 Å². The molecule has 1 aromatic heterocycles. The Hall–Kier alpha value is -1.52. The number of aryl methyl sites for hydroxylation is 1. The van der Waals surface area contributed by atoms with Gasteiger partial charge in [-0.1, -0.05) is 29.3 Å². The Morgan fingerprint density at radius 1 is 1.33 bits per heavy atom. The van der Waals surface area contributed by atoms with E-state index in [4.69, 9.17) is 23.2 Å². The average Bonchev–Trinajstić information content (AvgIpc) is 2.69. The van der Waals surface area contributed by atoms with Crippen LogP contribution in [0.4, 0.5) is 5.82 Å². The van der Waals surface area contributed by atoms with Crippen molar-refractivity contribution in [1.82, 2.24) is 9.78 Å². The zero-order valence-electron chi connectivity index (χ0n) is 9.65. The summed E-state index contributed by atoms with van der Waals surface area (Å²) in [6.45, 7) is 0. The highest BCUT2D eigenvalue weighted by molar-refractivity contribution is 6.36. The third-order valence-electron chi connectivity index (χ3n) is 2.38. The van der Waals surface area contributed by atoms with Crippen LogP contribution in [0.5, 0.6) is 0 Å². The van der Waals surface area contributed by atoms with E-state index in [0.717, 1.165) is 0 Å². The minimum absolute atomic E-state index is 0.120. The van der Waals surface area contributed by atoms with Crippen LogP contribution in [0, 0.1) is 0 Å². The Morgan fingerprint density at radius 3 is 2.56 bits per heavy atom. The fraction of sp³-hybridized carbons (Fsp3) is 0.167. The lowest BCUT2D eigenvalue weighted by atomic mass is 10.1. The van der Waals surface area contributed by atoms with Crippen molar-refractivity contribution in [2.75, 3.05) is 5.32 Å². The van der Waals surface area contributed by atoms with Gasteiger partial charge < -0.3 is 5.32 Å². The molecule has 0 unspecified atom stereocenters. The van der Waals surface area contributed by atoms with E-state index in [1.165, 1.54) is 0 Å². The maximum atomic E-state index is 11.8. The summed E-state index contributed by atoms with van der Waals surface area (Å²) < 4.78 is 1.61. The Labute approximate surface area is 115 Å². The van der Waals surface area contributed by atoms with Crippen LogP contribution in [0.25, 0.3) is 0 Å². The van der Waals surface area contributed by atoms with Crippen LogP contribution in [0.15, 0.2) is 30.5 Å². The van der Waals surface area contributed by atoms with Gasteiger partial charge in [0.2, 0.25) is 5.91 Å². The van der Waals surface area contributed by atoms with Crippen LogP contribution in [-0.4, -0.2) is 15.7 Å². The smallest absolute Gasteiger partial charge is 0.230 e. The van der Waals surface area contributed by atoms with E-state index in [1.54, 1.807) is 42.2 Å². The van der Waals surface area contributed by atoms with E-state index in [-0.39, 0.29) is 12.3 Å². The first-order chi connectivity index (χ1) is 8.56. The number of benzene rings is 1. The molecule has 1 heterocycles. The molecule has 1 N–H and O–H groups in total. The number of hydrogen-bond acceptors (Lipinski definition) is 2. The molecule has 1 amide bonds. The van der Waals surface area contributed by atoms with Crippen molar-refractivity contribution >= 4 is 34.9 Å². The van der Waals surface area contributed by atoms with Gasteiger partial charge in [-0.05, 0) is 17.7 Å². The summed E-state index contributed by atoms with van der Waals surface area (Å²) in [7, 11) is 1.78. The van der Waals surface area contributed by atoms with E-state index >= 15 is 0 Å². The van der Waals surface area contributed by atoms with Crippen molar-refractivity contribution in [3.8, 4) is 0 Å². The van der Waals surface area contributed by atoms with Crippen molar-refractivity contribution in [2.45, 2.75) is 6.42 Å². The summed E-state index contributed by atoms with van der Waals surface area (Å²) in [4.78, 5) is 11.8. The monoisotopic (exact) mass is 283 g/mol. The number of halogens is 2. The molecule has 0 bridgehead atoms. The second kappa shape index (κ2) is 5.42. The van der Waals surface area contributed by atoms with E-state index < -0.39 is 0 Å². The van der Waals surface area contributed by atoms with Crippen LogP contribution in [0.1, 0.15) is 5.56 Å². The molecule has 0 spiro atoms. The maximum Gasteiger partial charge on any atom is 0.230 e. The molecule has 1 aromatic carbocycles. The topological polar surface area (TPSA) is 46.9 Å². The first-order valence-electron chi connectivity index (χ1n) is 5.28. The van der Waals surface area contributed by atoms with Crippen molar-refractivity contribution in [2.24, 2.45) is 7.05 Å². The van der Waals surface area contributed by atoms with Gasteiger partial charge >= 0.3 is 0 Å². The second-order valence-corrected chi connectivity index (χ2v) is 4.61. The lowest BCUT2D eigenvalue weighted by Crippen LogP contribution is -2.15. The number of carbonyl (C=O) groups excluding carboxylic acids is 1. The summed E-state index contributed by atoms with van der Waals surface area (Å²) >= 11 is 12.0. The SMILES string of the molecule is Cn1ccc(NC(=O)Cc2c(Cl)cccc2Cl)n1. The Balaban J connectivity index is 2.08. The standard InChI is InChI=1S/C12H11Cl2N3O/c1-17-6-5-11(16-17)15-12(18)7-8-9(13)3-2-4-10(8)14/h2-6H,7H2,1H3,(H,15,16,18). The van der Waals surface area contributed by atoms with E-state index in [9.17, 15) is 4.79 Å². The van der Waals surface area contributed by atoms with Crippen molar-refractivity contribution < 1.29 is 4.79 Å². The predicted octanol–water partition coefficient (Wildman–Crippen LogP) is 2.91. The molecular formula is C12H11Cl2N3O. The number of nitrogens with zero attached hydrogens (tertiary/aromatic N) is 2. The normalized spacial score (nSPS) is 10.4. The molecule has 0 aliphatic carbocycles. The van der Waals surface area contributed by atoms with Gasteiger partial charge in [-0.3, -0.25) is 9.48 Å². The van der Waals surface area contributed by atoms with Crippen LogP contribution in [0.2, 0.25) is 10.0 Å². The van der Waals surface area contributed by atoms with Crippen molar-refractivity contribution in [1.29, 1.82) is 0 Å². The number of nitrogens with one attached hydrogen (secondary N) is 1. The number of carbonyl (C=O) groups is 1.